The number of nitrogens with one attached hydrogen (secondary N) is 1. The van der Waals surface area contributed by atoms with Gasteiger partial charge in [-0.15, -0.1) is 11.3 Å². The van der Waals surface area contributed by atoms with Crippen LogP contribution in [0.1, 0.15) is 30.0 Å². The fourth-order valence-electron chi connectivity index (χ4n) is 2.60. The molecule has 96 valence electrons. The molecule has 2 unspecified atom stereocenters. The summed E-state index contributed by atoms with van der Waals surface area (Å²) in [5.74, 6) is 0.763. The molecule has 1 saturated heterocycles. The van der Waals surface area contributed by atoms with Gasteiger partial charge in [0.25, 0.3) is 0 Å². The van der Waals surface area contributed by atoms with Crippen LogP contribution in [0, 0.1) is 5.92 Å². The standard InChI is InChI=1S/C14H24N2S/c1-4-12-5-6-13(17-12)9-15-14-7-8-16(3)10-11(14)2/h5-6,11,14-15H,4,7-10H2,1-3H3. The number of piperidine rings is 1. The van der Waals surface area contributed by atoms with Gasteiger partial charge in [0.05, 0.1) is 0 Å². The molecule has 1 aromatic heterocycles. The van der Waals surface area contributed by atoms with Crippen molar-refractivity contribution in [2.75, 3.05) is 20.1 Å². The van der Waals surface area contributed by atoms with Crippen LogP contribution in [0.3, 0.4) is 0 Å². The molecular weight excluding hydrogens is 228 g/mol. The fraction of sp³-hybridized carbons (Fsp3) is 0.714. The molecule has 0 saturated carbocycles. The molecule has 2 rings (SSSR count). The molecule has 3 heteroatoms. The van der Waals surface area contributed by atoms with E-state index in [2.05, 4.69) is 43.2 Å². The monoisotopic (exact) mass is 252 g/mol. The highest BCUT2D eigenvalue weighted by Gasteiger charge is 2.23. The Morgan fingerprint density at radius 3 is 2.82 bits per heavy atom. The van der Waals surface area contributed by atoms with Crippen LogP contribution in [-0.4, -0.2) is 31.1 Å². The van der Waals surface area contributed by atoms with E-state index in [4.69, 9.17) is 0 Å². The zero-order valence-corrected chi connectivity index (χ0v) is 12.0. The molecule has 1 aliphatic rings. The molecule has 1 fully saturated rings. The molecule has 0 spiro atoms. The maximum Gasteiger partial charge on any atom is 0.0302 e. The summed E-state index contributed by atoms with van der Waals surface area (Å²) in [5, 5.41) is 3.73. The van der Waals surface area contributed by atoms with Crippen LogP contribution in [0.2, 0.25) is 0 Å². The molecule has 2 nitrogen and oxygen atoms in total. The molecule has 0 radical (unpaired) electrons. The summed E-state index contributed by atoms with van der Waals surface area (Å²) in [4.78, 5) is 5.41. The van der Waals surface area contributed by atoms with E-state index in [0.717, 1.165) is 18.9 Å². The summed E-state index contributed by atoms with van der Waals surface area (Å²) >= 11 is 1.95. The molecule has 1 aromatic rings. The van der Waals surface area contributed by atoms with Gasteiger partial charge in [-0.25, -0.2) is 0 Å². The number of aryl methyl sites for hydroxylation is 1. The second kappa shape index (κ2) is 5.98. The van der Waals surface area contributed by atoms with Crippen LogP contribution in [-0.2, 0) is 13.0 Å². The first kappa shape index (κ1) is 13.1. The van der Waals surface area contributed by atoms with Crippen molar-refractivity contribution in [3.63, 3.8) is 0 Å². The van der Waals surface area contributed by atoms with Gasteiger partial charge in [-0.2, -0.15) is 0 Å². The van der Waals surface area contributed by atoms with Crippen LogP contribution in [0.25, 0.3) is 0 Å². The molecule has 1 N–H and O–H groups in total. The highest BCUT2D eigenvalue weighted by molar-refractivity contribution is 7.11. The van der Waals surface area contributed by atoms with Crippen molar-refractivity contribution < 1.29 is 0 Å². The van der Waals surface area contributed by atoms with Crippen molar-refractivity contribution in [3.8, 4) is 0 Å². The number of hydrogen-bond donors (Lipinski definition) is 1. The Morgan fingerprint density at radius 2 is 2.18 bits per heavy atom. The third-order valence-electron chi connectivity index (χ3n) is 3.71. The Bertz CT molecular complexity index is 348. The average Bonchev–Trinajstić information content (AvgIpc) is 2.76. The lowest BCUT2D eigenvalue weighted by atomic mass is 9.94. The SMILES string of the molecule is CCc1ccc(CNC2CCN(C)CC2C)s1. The summed E-state index contributed by atoms with van der Waals surface area (Å²) in [6, 6.07) is 5.23. The van der Waals surface area contributed by atoms with Gasteiger partial charge < -0.3 is 10.2 Å². The van der Waals surface area contributed by atoms with Crippen molar-refractivity contribution in [3.05, 3.63) is 21.9 Å². The molecule has 2 atom stereocenters. The Kier molecular flexibility index (Phi) is 4.60. The van der Waals surface area contributed by atoms with E-state index in [1.54, 1.807) is 0 Å². The largest absolute Gasteiger partial charge is 0.309 e. The van der Waals surface area contributed by atoms with Crippen LogP contribution < -0.4 is 5.32 Å². The van der Waals surface area contributed by atoms with E-state index < -0.39 is 0 Å². The zero-order valence-electron chi connectivity index (χ0n) is 11.2. The van der Waals surface area contributed by atoms with Crippen LogP contribution >= 0.6 is 11.3 Å². The minimum Gasteiger partial charge on any atom is -0.309 e. The first-order valence-electron chi connectivity index (χ1n) is 6.68. The van der Waals surface area contributed by atoms with Gasteiger partial charge in [0, 0.05) is 28.9 Å². The quantitative estimate of drug-likeness (QED) is 0.886. The topological polar surface area (TPSA) is 15.3 Å². The van der Waals surface area contributed by atoms with Gasteiger partial charge in [-0.05, 0) is 44.5 Å². The summed E-state index contributed by atoms with van der Waals surface area (Å²) in [5.41, 5.74) is 0. The Morgan fingerprint density at radius 1 is 1.41 bits per heavy atom. The highest BCUT2D eigenvalue weighted by Crippen LogP contribution is 2.19. The van der Waals surface area contributed by atoms with Gasteiger partial charge in [-0.3, -0.25) is 0 Å². The van der Waals surface area contributed by atoms with E-state index in [1.165, 1.54) is 29.3 Å². The summed E-state index contributed by atoms with van der Waals surface area (Å²) in [6.07, 6.45) is 2.44. The number of likely N-dealkylation sites (tertiary alicyclic amines) is 1. The van der Waals surface area contributed by atoms with Gasteiger partial charge in [-0.1, -0.05) is 13.8 Å². The van der Waals surface area contributed by atoms with Crippen molar-refractivity contribution in [1.82, 2.24) is 10.2 Å². The molecule has 0 aromatic carbocycles. The highest BCUT2D eigenvalue weighted by atomic mass is 32.1. The number of hydrogen-bond acceptors (Lipinski definition) is 3. The zero-order chi connectivity index (χ0) is 12.3. The average molecular weight is 252 g/mol. The lowest BCUT2D eigenvalue weighted by Crippen LogP contribution is -2.46. The lowest BCUT2D eigenvalue weighted by molar-refractivity contribution is 0.174. The maximum atomic E-state index is 3.73. The smallest absolute Gasteiger partial charge is 0.0302 e. The molecule has 0 bridgehead atoms. The molecular formula is C14H24N2S. The van der Waals surface area contributed by atoms with E-state index in [1.807, 2.05) is 11.3 Å². The minimum absolute atomic E-state index is 0.693. The molecule has 0 amide bonds. The third kappa shape index (κ3) is 3.54. The molecule has 1 aliphatic heterocycles. The van der Waals surface area contributed by atoms with E-state index >= 15 is 0 Å². The van der Waals surface area contributed by atoms with Gasteiger partial charge in [0.1, 0.15) is 0 Å². The lowest BCUT2D eigenvalue weighted by Gasteiger charge is -2.35. The number of nitrogens with zero attached hydrogens (tertiary/aromatic N) is 1. The van der Waals surface area contributed by atoms with Gasteiger partial charge >= 0.3 is 0 Å². The Labute approximate surface area is 109 Å². The molecule has 17 heavy (non-hydrogen) atoms. The predicted molar refractivity (Wildman–Crippen MR) is 75.6 cm³/mol. The summed E-state index contributed by atoms with van der Waals surface area (Å²) in [6.45, 7) is 8.08. The van der Waals surface area contributed by atoms with Crippen molar-refractivity contribution in [2.24, 2.45) is 5.92 Å². The number of thiophene rings is 1. The minimum atomic E-state index is 0.693. The number of rotatable bonds is 4. The van der Waals surface area contributed by atoms with Gasteiger partial charge in [0.15, 0.2) is 0 Å². The molecule has 2 heterocycles. The van der Waals surface area contributed by atoms with E-state index in [9.17, 15) is 0 Å². The Balaban J connectivity index is 1.81. The predicted octanol–water partition coefficient (Wildman–Crippen LogP) is 2.74. The van der Waals surface area contributed by atoms with Crippen LogP contribution in [0.4, 0.5) is 0 Å². The molecule has 0 aliphatic carbocycles. The van der Waals surface area contributed by atoms with Gasteiger partial charge in [0.2, 0.25) is 0 Å². The fourth-order valence-corrected chi connectivity index (χ4v) is 3.51. The second-order valence-corrected chi connectivity index (χ2v) is 6.49. The van der Waals surface area contributed by atoms with E-state index in [-0.39, 0.29) is 0 Å². The van der Waals surface area contributed by atoms with E-state index in [0.29, 0.717) is 6.04 Å². The maximum absolute atomic E-state index is 3.73. The van der Waals surface area contributed by atoms with Crippen LogP contribution in [0.15, 0.2) is 12.1 Å². The van der Waals surface area contributed by atoms with Crippen molar-refractivity contribution in [2.45, 2.75) is 39.3 Å². The normalized spacial score (nSPS) is 26.3. The first-order valence-corrected chi connectivity index (χ1v) is 7.50. The van der Waals surface area contributed by atoms with Crippen LogP contribution in [0.5, 0.6) is 0 Å². The van der Waals surface area contributed by atoms with Crippen molar-refractivity contribution in [1.29, 1.82) is 0 Å². The summed E-state index contributed by atoms with van der Waals surface area (Å²) in [7, 11) is 2.22. The Hall–Kier alpha value is -0.380. The van der Waals surface area contributed by atoms with Crippen molar-refractivity contribution >= 4 is 11.3 Å². The second-order valence-electron chi connectivity index (χ2n) is 5.24. The summed E-state index contributed by atoms with van der Waals surface area (Å²) < 4.78 is 0. The third-order valence-corrected chi connectivity index (χ3v) is 4.94. The first-order chi connectivity index (χ1) is 8.19.